The van der Waals surface area contributed by atoms with Crippen molar-refractivity contribution in [3.63, 3.8) is 0 Å². The van der Waals surface area contributed by atoms with Crippen LogP contribution >= 0.6 is 11.3 Å². The number of sulfonamides is 1. The average molecular weight is 276 g/mol. The highest BCUT2D eigenvalue weighted by atomic mass is 32.2. The van der Waals surface area contributed by atoms with Crippen LogP contribution in [0.1, 0.15) is 23.6 Å². The third-order valence-corrected chi connectivity index (χ3v) is 5.59. The zero-order valence-electron chi connectivity index (χ0n) is 10.7. The Balaban J connectivity index is 3.08. The SMILES string of the molecule is Cc1sc(CN)cc1S(=O)(=O)N(C)CC(C)C. The minimum Gasteiger partial charge on any atom is -0.326 e. The van der Waals surface area contributed by atoms with Gasteiger partial charge in [-0.3, -0.25) is 0 Å². The Kier molecular flexibility index (Phi) is 4.71. The van der Waals surface area contributed by atoms with Crippen LogP contribution < -0.4 is 5.73 Å². The van der Waals surface area contributed by atoms with Crippen molar-refractivity contribution in [3.8, 4) is 0 Å². The van der Waals surface area contributed by atoms with Gasteiger partial charge >= 0.3 is 0 Å². The highest BCUT2D eigenvalue weighted by Crippen LogP contribution is 2.27. The third-order valence-electron chi connectivity index (χ3n) is 2.43. The van der Waals surface area contributed by atoms with E-state index < -0.39 is 10.0 Å². The molecule has 0 atom stereocenters. The predicted octanol–water partition coefficient (Wildman–Crippen LogP) is 1.79. The normalized spacial score (nSPS) is 12.6. The molecule has 0 spiro atoms. The van der Waals surface area contributed by atoms with Gasteiger partial charge in [-0.05, 0) is 18.9 Å². The molecule has 0 radical (unpaired) electrons. The van der Waals surface area contributed by atoms with Gasteiger partial charge < -0.3 is 5.73 Å². The van der Waals surface area contributed by atoms with Gasteiger partial charge in [0.25, 0.3) is 0 Å². The molecule has 0 saturated carbocycles. The second-order valence-corrected chi connectivity index (χ2v) is 7.87. The van der Waals surface area contributed by atoms with E-state index >= 15 is 0 Å². The molecule has 0 fully saturated rings. The summed E-state index contributed by atoms with van der Waals surface area (Å²) in [6.45, 7) is 6.72. The molecule has 0 aliphatic heterocycles. The van der Waals surface area contributed by atoms with Crippen LogP contribution in [0.2, 0.25) is 0 Å². The summed E-state index contributed by atoms with van der Waals surface area (Å²) in [5.74, 6) is 0.308. The Morgan fingerprint density at radius 1 is 1.47 bits per heavy atom. The molecule has 2 N–H and O–H groups in total. The van der Waals surface area contributed by atoms with Gasteiger partial charge in [0.15, 0.2) is 0 Å². The van der Waals surface area contributed by atoms with Crippen molar-refractivity contribution in [2.24, 2.45) is 11.7 Å². The van der Waals surface area contributed by atoms with Gasteiger partial charge in [-0.15, -0.1) is 11.3 Å². The Hall–Kier alpha value is -0.430. The van der Waals surface area contributed by atoms with Crippen molar-refractivity contribution in [3.05, 3.63) is 15.8 Å². The van der Waals surface area contributed by atoms with Crippen molar-refractivity contribution in [1.29, 1.82) is 0 Å². The summed E-state index contributed by atoms with van der Waals surface area (Å²) in [6.07, 6.45) is 0. The Bertz CT molecular complexity index is 478. The number of hydrogen-bond donors (Lipinski definition) is 1. The second kappa shape index (κ2) is 5.48. The molecule has 0 aliphatic carbocycles. The van der Waals surface area contributed by atoms with Gasteiger partial charge in [-0.25, -0.2) is 12.7 Å². The maximum absolute atomic E-state index is 12.3. The molecule has 4 nitrogen and oxygen atoms in total. The molecule has 0 aromatic carbocycles. The summed E-state index contributed by atoms with van der Waals surface area (Å²) in [4.78, 5) is 2.10. The van der Waals surface area contributed by atoms with E-state index in [0.29, 0.717) is 23.9 Å². The van der Waals surface area contributed by atoms with E-state index in [1.807, 2.05) is 20.8 Å². The van der Waals surface area contributed by atoms with Crippen LogP contribution in [0.5, 0.6) is 0 Å². The summed E-state index contributed by atoms with van der Waals surface area (Å²) in [7, 11) is -1.75. The summed E-state index contributed by atoms with van der Waals surface area (Å²) in [5, 5.41) is 0. The smallest absolute Gasteiger partial charge is 0.243 e. The predicted molar refractivity (Wildman–Crippen MR) is 71.6 cm³/mol. The standard InChI is InChI=1S/C11H20N2O2S2/c1-8(2)7-13(4)17(14,15)11-5-10(6-12)16-9(11)3/h5,8H,6-7,12H2,1-4H3. The molecule has 0 saturated heterocycles. The minimum atomic E-state index is -3.37. The number of nitrogens with two attached hydrogens (primary N) is 1. The van der Waals surface area contributed by atoms with E-state index in [-0.39, 0.29) is 0 Å². The molecular formula is C11H20N2O2S2. The van der Waals surface area contributed by atoms with E-state index in [0.717, 1.165) is 9.75 Å². The number of aryl methyl sites for hydroxylation is 1. The quantitative estimate of drug-likeness (QED) is 0.892. The Morgan fingerprint density at radius 2 is 2.06 bits per heavy atom. The fourth-order valence-corrected chi connectivity index (χ4v) is 4.47. The van der Waals surface area contributed by atoms with Gasteiger partial charge in [-0.2, -0.15) is 0 Å². The molecule has 1 aromatic rings. The largest absolute Gasteiger partial charge is 0.326 e. The van der Waals surface area contributed by atoms with Crippen LogP contribution in [0.25, 0.3) is 0 Å². The fraction of sp³-hybridized carbons (Fsp3) is 0.636. The Labute approximate surface area is 107 Å². The topological polar surface area (TPSA) is 63.4 Å². The molecule has 0 unspecified atom stereocenters. The summed E-state index contributed by atoms with van der Waals surface area (Å²) >= 11 is 1.45. The third kappa shape index (κ3) is 3.28. The lowest BCUT2D eigenvalue weighted by Crippen LogP contribution is -2.30. The molecule has 0 aliphatic rings. The van der Waals surface area contributed by atoms with Crippen LogP contribution in [0.15, 0.2) is 11.0 Å². The van der Waals surface area contributed by atoms with E-state index in [2.05, 4.69) is 0 Å². The Morgan fingerprint density at radius 3 is 2.47 bits per heavy atom. The second-order valence-electron chi connectivity index (χ2n) is 4.52. The van der Waals surface area contributed by atoms with E-state index in [4.69, 9.17) is 5.73 Å². The van der Waals surface area contributed by atoms with Crippen molar-refractivity contribution in [2.45, 2.75) is 32.2 Å². The van der Waals surface area contributed by atoms with Gasteiger partial charge in [0.05, 0.1) is 4.90 Å². The first-order valence-electron chi connectivity index (χ1n) is 5.54. The lowest BCUT2D eigenvalue weighted by molar-refractivity contribution is 0.417. The van der Waals surface area contributed by atoms with Crippen molar-refractivity contribution in [2.75, 3.05) is 13.6 Å². The van der Waals surface area contributed by atoms with Gasteiger partial charge in [0.1, 0.15) is 0 Å². The first-order chi connectivity index (χ1) is 7.78. The lowest BCUT2D eigenvalue weighted by Gasteiger charge is -2.18. The zero-order valence-corrected chi connectivity index (χ0v) is 12.4. The molecule has 1 heterocycles. The number of hydrogen-bond acceptors (Lipinski definition) is 4. The van der Waals surface area contributed by atoms with Gasteiger partial charge in [0, 0.05) is 29.9 Å². The summed E-state index contributed by atoms with van der Waals surface area (Å²) in [5.41, 5.74) is 5.53. The first kappa shape index (κ1) is 14.6. The number of rotatable bonds is 5. The minimum absolute atomic E-state index is 0.308. The molecule has 6 heteroatoms. The monoisotopic (exact) mass is 276 g/mol. The van der Waals surface area contributed by atoms with Crippen molar-refractivity contribution in [1.82, 2.24) is 4.31 Å². The number of thiophene rings is 1. The van der Waals surface area contributed by atoms with E-state index in [1.54, 1.807) is 13.1 Å². The highest BCUT2D eigenvalue weighted by Gasteiger charge is 2.25. The van der Waals surface area contributed by atoms with Crippen molar-refractivity contribution < 1.29 is 8.42 Å². The molecule has 17 heavy (non-hydrogen) atoms. The summed E-state index contributed by atoms with van der Waals surface area (Å²) < 4.78 is 26.0. The van der Waals surface area contributed by atoms with Crippen LogP contribution in [0.4, 0.5) is 0 Å². The zero-order chi connectivity index (χ0) is 13.2. The molecule has 0 amide bonds. The van der Waals surface area contributed by atoms with Crippen LogP contribution in [-0.2, 0) is 16.6 Å². The van der Waals surface area contributed by atoms with Crippen LogP contribution in [0, 0.1) is 12.8 Å². The van der Waals surface area contributed by atoms with Crippen LogP contribution in [0.3, 0.4) is 0 Å². The van der Waals surface area contributed by atoms with Crippen LogP contribution in [-0.4, -0.2) is 26.3 Å². The summed E-state index contributed by atoms with van der Waals surface area (Å²) in [6, 6.07) is 1.69. The first-order valence-corrected chi connectivity index (χ1v) is 7.80. The molecular weight excluding hydrogens is 256 g/mol. The molecule has 98 valence electrons. The van der Waals surface area contributed by atoms with Crippen molar-refractivity contribution >= 4 is 21.4 Å². The van der Waals surface area contributed by atoms with E-state index in [9.17, 15) is 8.42 Å². The maximum Gasteiger partial charge on any atom is 0.243 e. The fourth-order valence-electron chi connectivity index (χ4n) is 1.66. The van der Waals surface area contributed by atoms with E-state index in [1.165, 1.54) is 15.6 Å². The maximum atomic E-state index is 12.3. The number of nitrogens with zero attached hydrogens (tertiary/aromatic N) is 1. The molecule has 1 rings (SSSR count). The average Bonchev–Trinajstić information content (AvgIpc) is 2.59. The lowest BCUT2D eigenvalue weighted by atomic mass is 10.2. The highest BCUT2D eigenvalue weighted by molar-refractivity contribution is 7.89. The molecule has 1 aromatic heterocycles. The van der Waals surface area contributed by atoms with Gasteiger partial charge in [-0.1, -0.05) is 13.8 Å². The molecule has 0 bridgehead atoms. The van der Waals surface area contributed by atoms with Gasteiger partial charge in [0.2, 0.25) is 10.0 Å².